The first-order valence-corrected chi connectivity index (χ1v) is 7.64. The molecule has 0 spiro atoms. The van der Waals surface area contributed by atoms with Gasteiger partial charge in [0.15, 0.2) is 0 Å². The standard InChI is InChI=1S/C11H17BrN2O2S/c1-9-5-10(8-12)7-11(6-9)14(4)17(15,16)13(2)3/h5-7H,8H2,1-4H3. The predicted octanol–water partition coefficient (Wildman–Crippen LogP) is 2.13. The molecule has 0 aliphatic heterocycles. The number of nitrogens with zero attached hydrogens (tertiary/aromatic N) is 2. The third kappa shape index (κ3) is 3.20. The van der Waals surface area contributed by atoms with E-state index in [4.69, 9.17) is 0 Å². The zero-order chi connectivity index (χ0) is 13.2. The first-order chi connectivity index (χ1) is 7.78. The molecule has 0 radical (unpaired) electrons. The Morgan fingerprint density at radius 2 is 1.76 bits per heavy atom. The molecule has 1 aromatic carbocycles. The Kier molecular flexibility index (Phi) is 4.57. The van der Waals surface area contributed by atoms with E-state index in [1.54, 1.807) is 7.05 Å². The highest BCUT2D eigenvalue weighted by molar-refractivity contribution is 9.08. The molecule has 0 saturated carbocycles. The van der Waals surface area contributed by atoms with Crippen molar-refractivity contribution in [3.8, 4) is 0 Å². The lowest BCUT2D eigenvalue weighted by Gasteiger charge is -2.24. The molecule has 0 saturated heterocycles. The molecule has 1 rings (SSSR count). The zero-order valence-corrected chi connectivity index (χ0v) is 12.8. The molecular weight excluding hydrogens is 304 g/mol. The molecule has 0 bridgehead atoms. The first-order valence-electron chi connectivity index (χ1n) is 5.12. The molecule has 6 heteroatoms. The highest BCUT2D eigenvalue weighted by atomic mass is 79.9. The van der Waals surface area contributed by atoms with Crippen LogP contribution in [-0.2, 0) is 15.5 Å². The third-order valence-electron chi connectivity index (χ3n) is 2.45. The van der Waals surface area contributed by atoms with E-state index < -0.39 is 10.2 Å². The van der Waals surface area contributed by atoms with Gasteiger partial charge in [-0.3, -0.25) is 4.31 Å². The fourth-order valence-electron chi connectivity index (χ4n) is 1.48. The van der Waals surface area contributed by atoms with E-state index in [-0.39, 0.29) is 0 Å². The SMILES string of the molecule is Cc1cc(CBr)cc(N(C)S(=O)(=O)N(C)C)c1. The zero-order valence-electron chi connectivity index (χ0n) is 10.4. The van der Waals surface area contributed by atoms with Gasteiger partial charge in [0.2, 0.25) is 0 Å². The molecule has 0 aromatic heterocycles. The van der Waals surface area contributed by atoms with Crippen LogP contribution in [0.15, 0.2) is 18.2 Å². The second-order valence-corrected chi connectivity index (χ2v) is 6.80. The summed E-state index contributed by atoms with van der Waals surface area (Å²) < 4.78 is 26.4. The Morgan fingerprint density at radius 1 is 1.18 bits per heavy atom. The maximum atomic E-state index is 12.0. The van der Waals surface area contributed by atoms with Crippen molar-refractivity contribution in [3.05, 3.63) is 29.3 Å². The van der Waals surface area contributed by atoms with Gasteiger partial charge < -0.3 is 0 Å². The van der Waals surface area contributed by atoms with Crippen LogP contribution in [0.5, 0.6) is 0 Å². The lowest BCUT2D eigenvalue weighted by Crippen LogP contribution is -2.37. The average Bonchev–Trinajstić information content (AvgIpc) is 2.26. The van der Waals surface area contributed by atoms with Crippen molar-refractivity contribution in [1.29, 1.82) is 0 Å². The minimum absolute atomic E-state index is 0.674. The summed E-state index contributed by atoms with van der Waals surface area (Å²) in [6.45, 7) is 1.95. The van der Waals surface area contributed by atoms with Crippen molar-refractivity contribution in [3.63, 3.8) is 0 Å². The van der Waals surface area contributed by atoms with E-state index >= 15 is 0 Å². The predicted molar refractivity (Wildman–Crippen MR) is 74.8 cm³/mol. The van der Waals surface area contributed by atoms with Gasteiger partial charge in [0.05, 0.1) is 5.69 Å². The van der Waals surface area contributed by atoms with Crippen LogP contribution in [0, 0.1) is 6.92 Å². The lowest BCUT2D eigenvalue weighted by atomic mass is 10.1. The molecule has 96 valence electrons. The molecule has 1 aromatic rings. The van der Waals surface area contributed by atoms with E-state index in [0.717, 1.165) is 11.1 Å². The topological polar surface area (TPSA) is 40.6 Å². The summed E-state index contributed by atoms with van der Waals surface area (Å²) in [6.07, 6.45) is 0. The molecule has 0 heterocycles. The van der Waals surface area contributed by atoms with Crippen molar-refractivity contribution < 1.29 is 8.42 Å². The Morgan fingerprint density at radius 3 is 2.24 bits per heavy atom. The molecule has 0 amide bonds. The van der Waals surface area contributed by atoms with Crippen LogP contribution in [0.3, 0.4) is 0 Å². The number of hydrogen-bond acceptors (Lipinski definition) is 2. The maximum absolute atomic E-state index is 12.0. The normalized spacial score (nSPS) is 11.9. The van der Waals surface area contributed by atoms with Gasteiger partial charge in [0.25, 0.3) is 0 Å². The van der Waals surface area contributed by atoms with Crippen molar-refractivity contribution in [2.24, 2.45) is 0 Å². The summed E-state index contributed by atoms with van der Waals surface area (Å²) in [5.74, 6) is 0. The van der Waals surface area contributed by atoms with Crippen LogP contribution in [0.4, 0.5) is 5.69 Å². The smallest absolute Gasteiger partial charge is 0.261 e. The summed E-state index contributed by atoms with van der Waals surface area (Å²) in [7, 11) is 1.18. The molecule has 17 heavy (non-hydrogen) atoms. The van der Waals surface area contributed by atoms with E-state index in [1.165, 1.54) is 22.7 Å². The van der Waals surface area contributed by atoms with Gasteiger partial charge in [-0.25, -0.2) is 0 Å². The van der Waals surface area contributed by atoms with Crippen LogP contribution in [0.25, 0.3) is 0 Å². The van der Waals surface area contributed by atoms with Crippen molar-refractivity contribution >= 4 is 31.8 Å². The highest BCUT2D eigenvalue weighted by Crippen LogP contribution is 2.22. The number of aryl methyl sites for hydroxylation is 1. The second-order valence-electron chi connectivity index (χ2n) is 4.07. The van der Waals surface area contributed by atoms with E-state index in [9.17, 15) is 8.42 Å². The van der Waals surface area contributed by atoms with Gasteiger partial charge >= 0.3 is 10.2 Å². The van der Waals surface area contributed by atoms with Gasteiger partial charge in [-0.05, 0) is 30.2 Å². The molecule has 0 atom stereocenters. The van der Waals surface area contributed by atoms with Gasteiger partial charge in [-0.2, -0.15) is 12.7 Å². The number of anilines is 1. The third-order valence-corrected chi connectivity index (χ3v) is 4.92. The van der Waals surface area contributed by atoms with Gasteiger partial charge in [0, 0.05) is 26.5 Å². The quantitative estimate of drug-likeness (QED) is 0.797. The fraction of sp³-hybridized carbons (Fsp3) is 0.455. The average molecular weight is 321 g/mol. The molecule has 0 fully saturated rings. The summed E-state index contributed by atoms with van der Waals surface area (Å²) in [5, 5.41) is 0.706. The monoisotopic (exact) mass is 320 g/mol. The molecule has 0 unspecified atom stereocenters. The van der Waals surface area contributed by atoms with Gasteiger partial charge in [-0.15, -0.1) is 0 Å². The van der Waals surface area contributed by atoms with E-state index in [1.807, 2.05) is 25.1 Å². The maximum Gasteiger partial charge on any atom is 0.303 e. The Hall–Kier alpha value is -0.590. The molecule has 0 N–H and O–H groups in total. The number of hydrogen-bond donors (Lipinski definition) is 0. The Bertz CT molecular complexity index is 500. The van der Waals surface area contributed by atoms with Crippen molar-refractivity contribution in [2.75, 3.05) is 25.4 Å². The number of halogens is 1. The molecule has 4 nitrogen and oxygen atoms in total. The Labute approximate surface area is 112 Å². The molecular formula is C11H17BrN2O2S. The van der Waals surface area contributed by atoms with Crippen LogP contribution >= 0.6 is 15.9 Å². The fourth-order valence-corrected chi connectivity index (χ4v) is 2.66. The van der Waals surface area contributed by atoms with Crippen LogP contribution in [0.1, 0.15) is 11.1 Å². The van der Waals surface area contributed by atoms with Gasteiger partial charge in [0.1, 0.15) is 0 Å². The highest BCUT2D eigenvalue weighted by Gasteiger charge is 2.21. The minimum atomic E-state index is -3.42. The molecule has 0 aliphatic rings. The van der Waals surface area contributed by atoms with Crippen LogP contribution in [-0.4, -0.2) is 33.9 Å². The van der Waals surface area contributed by atoms with Crippen molar-refractivity contribution in [1.82, 2.24) is 4.31 Å². The van der Waals surface area contributed by atoms with E-state index in [2.05, 4.69) is 15.9 Å². The minimum Gasteiger partial charge on any atom is -0.261 e. The van der Waals surface area contributed by atoms with Crippen LogP contribution < -0.4 is 4.31 Å². The van der Waals surface area contributed by atoms with E-state index in [0.29, 0.717) is 11.0 Å². The molecule has 0 aliphatic carbocycles. The van der Waals surface area contributed by atoms with Crippen LogP contribution in [0.2, 0.25) is 0 Å². The number of rotatable bonds is 4. The Balaban J connectivity index is 3.21. The second kappa shape index (κ2) is 5.37. The number of benzene rings is 1. The number of alkyl halides is 1. The first kappa shape index (κ1) is 14.5. The summed E-state index contributed by atoms with van der Waals surface area (Å²) in [4.78, 5) is 0. The summed E-state index contributed by atoms with van der Waals surface area (Å²) in [5.41, 5.74) is 2.77. The largest absolute Gasteiger partial charge is 0.303 e. The summed E-state index contributed by atoms with van der Waals surface area (Å²) >= 11 is 3.38. The van der Waals surface area contributed by atoms with Crippen molar-refractivity contribution in [2.45, 2.75) is 12.3 Å². The lowest BCUT2D eigenvalue weighted by molar-refractivity contribution is 0.519. The van der Waals surface area contributed by atoms with Gasteiger partial charge in [-0.1, -0.05) is 22.0 Å². The summed E-state index contributed by atoms with van der Waals surface area (Å²) in [6, 6.07) is 5.74.